The number of halogens is 1. The molecule has 1 aliphatic heterocycles. The quantitative estimate of drug-likeness (QED) is 0.786. The molecule has 1 aromatic heterocycles. The molecule has 0 fully saturated rings. The van der Waals surface area contributed by atoms with Gasteiger partial charge in [0.25, 0.3) is 5.91 Å². The van der Waals surface area contributed by atoms with Gasteiger partial charge in [-0.05, 0) is 53.4 Å². The molecule has 2 aromatic carbocycles. The lowest BCUT2D eigenvalue weighted by Gasteiger charge is -2.26. The van der Waals surface area contributed by atoms with Crippen LogP contribution in [0.25, 0.3) is 11.1 Å². The zero-order chi connectivity index (χ0) is 17.9. The molecule has 4 nitrogen and oxygen atoms in total. The van der Waals surface area contributed by atoms with Gasteiger partial charge in [0.2, 0.25) is 0 Å². The number of para-hydroxylation sites is 1. The maximum atomic E-state index is 14.5. The average molecular weight is 348 g/mol. The van der Waals surface area contributed by atoms with Crippen LogP contribution in [-0.2, 0) is 6.42 Å². The predicted molar refractivity (Wildman–Crippen MR) is 96.5 cm³/mol. The summed E-state index contributed by atoms with van der Waals surface area (Å²) in [5.74, 6) is -0.142. The number of hydrogen-bond donors (Lipinski definition) is 1. The fourth-order valence-electron chi connectivity index (χ4n) is 3.11. The van der Waals surface area contributed by atoms with Gasteiger partial charge >= 0.3 is 0 Å². The first kappa shape index (κ1) is 16.3. The molecule has 0 saturated heterocycles. The number of amides is 1. The van der Waals surface area contributed by atoms with Gasteiger partial charge in [-0.25, -0.2) is 4.39 Å². The Bertz CT molecular complexity index is 944. The number of pyridine rings is 1. The zero-order valence-corrected chi connectivity index (χ0v) is 14.0. The fourth-order valence-corrected chi connectivity index (χ4v) is 3.11. The number of nitrogens with zero attached hydrogens (tertiary/aromatic N) is 1. The second-order valence-electron chi connectivity index (χ2n) is 6.22. The van der Waals surface area contributed by atoms with Crippen molar-refractivity contribution in [2.75, 3.05) is 6.61 Å². The first-order valence-electron chi connectivity index (χ1n) is 8.42. The number of aromatic nitrogens is 1. The zero-order valence-electron chi connectivity index (χ0n) is 14.0. The second kappa shape index (κ2) is 6.96. The van der Waals surface area contributed by atoms with Gasteiger partial charge in [0.15, 0.2) is 0 Å². The van der Waals surface area contributed by atoms with Gasteiger partial charge in [0.1, 0.15) is 18.2 Å². The van der Waals surface area contributed by atoms with Gasteiger partial charge in [-0.15, -0.1) is 0 Å². The molecule has 0 aliphatic carbocycles. The highest BCUT2D eigenvalue weighted by Crippen LogP contribution is 2.25. The third-order valence-electron chi connectivity index (χ3n) is 4.44. The molecule has 1 amide bonds. The number of carbonyl (C=O) groups excluding carboxylic acids is 1. The minimum Gasteiger partial charge on any atom is -0.491 e. The average Bonchev–Trinajstić information content (AvgIpc) is 2.68. The number of ether oxygens (including phenoxy) is 1. The summed E-state index contributed by atoms with van der Waals surface area (Å²) in [5, 5.41) is 2.86. The highest BCUT2D eigenvalue weighted by Gasteiger charge is 2.23. The van der Waals surface area contributed by atoms with Crippen molar-refractivity contribution < 1.29 is 13.9 Å². The van der Waals surface area contributed by atoms with E-state index >= 15 is 0 Å². The molecule has 3 aromatic rings. The summed E-state index contributed by atoms with van der Waals surface area (Å²) in [6.07, 6.45) is 3.96. The molecule has 5 heteroatoms. The topological polar surface area (TPSA) is 51.2 Å². The lowest BCUT2D eigenvalue weighted by Crippen LogP contribution is -2.43. The molecule has 1 atom stereocenters. The van der Waals surface area contributed by atoms with Crippen molar-refractivity contribution in [2.24, 2.45) is 0 Å². The van der Waals surface area contributed by atoms with E-state index in [2.05, 4.69) is 10.3 Å². The summed E-state index contributed by atoms with van der Waals surface area (Å²) in [6.45, 7) is 0.374. The normalized spacial score (nSPS) is 15.7. The Kier molecular flexibility index (Phi) is 4.35. The van der Waals surface area contributed by atoms with Crippen molar-refractivity contribution >= 4 is 5.91 Å². The maximum absolute atomic E-state index is 14.5. The van der Waals surface area contributed by atoms with E-state index in [1.807, 2.05) is 24.3 Å². The summed E-state index contributed by atoms with van der Waals surface area (Å²) >= 11 is 0. The molecule has 26 heavy (non-hydrogen) atoms. The molecule has 0 saturated carbocycles. The Balaban J connectivity index is 1.49. The Morgan fingerprint density at radius 1 is 1.08 bits per heavy atom. The summed E-state index contributed by atoms with van der Waals surface area (Å²) in [7, 11) is 0. The lowest BCUT2D eigenvalue weighted by molar-refractivity contribution is 0.0911. The third kappa shape index (κ3) is 3.28. The molecule has 130 valence electrons. The van der Waals surface area contributed by atoms with Gasteiger partial charge in [-0.2, -0.15) is 0 Å². The number of rotatable bonds is 3. The van der Waals surface area contributed by atoms with Crippen LogP contribution in [0.1, 0.15) is 15.9 Å². The van der Waals surface area contributed by atoms with E-state index in [4.69, 9.17) is 4.74 Å². The Morgan fingerprint density at radius 3 is 2.69 bits per heavy atom. The van der Waals surface area contributed by atoms with Gasteiger partial charge < -0.3 is 10.1 Å². The van der Waals surface area contributed by atoms with Crippen molar-refractivity contribution in [3.8, 4) is 16.9 Å². The van der Waals surface area contributed by atoms with Crippen LogP contribution in [0, 0.1) is 5.82 Å². The van der Waals surface area contributed by atoms with Crippen LogP contribution in [0.4, 0.5) is 4.39 Å². The van der Waals surface area contributed by atoms with E-state index in [0.717, 1.165) is 16.9 Å². The first-order valence-corrected chi connectivity index (χ1v) is 8.42. The summed E-state index contributed by atoms with van der Waals surface area (Å²) in [5.41, 5.74) is 2.62. The Labute approximate surface area is 150 Å². The molecule has 4 rings (SSSR count). The summed E-state index contributed by atoms with van der Waals surface area (Å²) in [6, 6.07) is 15.8. The van der Waals surface area contributed by atoms with E-state index in [9.17, 15) is 9.18 Å². The van der Waals surface area contributed by atoms with Crippen LogP contribution in [0.5, 0.6) is 5.75 Å². The Hall–Kier alpha value is -3.21. The summed E-state index contributed by atoms with van der Waals surface area (Å²) < 4.78 is 20.1. The van der Waals surface area contributed by atoms with Crippen LogP contribution < -0.4 is 10.1 Å². The fraction of sp³-hybridized carbons (Fsp3) is 0.143. The van der Waals surface area contributed by atoms with E-state index in [0.29, 0.717) is 18.6 Å². The number of fused-ring (bicyclic) bond motifs is 1. The largest absolute Gasteiger partial charge is 0.491 e. The summed E-state index contributed by atoms with van der Waals surface area (Å²) in [4.78, 5) is 16.4. The Morgan fingerprint density at radius 2 is 1.88 bits per heavy atom. The van der Waals surface area contributed by atoms with E-state index in [-0.39, 0.29) is 11.6 Å². The van der Waals surface area contributed by atoms with E-state index in [1.54, 1.807) is 30.6 Å². The van der Waals surface area contributed by atoms with Gasteiger partial charge in [0.05, 0.1) is 11.6 Å². The van der Waals surface area contributed by atoms with Gasteiger partial charge in [-0.1, -0.05) is 24.3 Å². The van der Waals surface area contributed by atoms with Crippen molar-refractivity contribution in [3.63, 3.8) is 0 Å². The molecular formula is C21H17FN2O2. The molecule has 2 heterocycles. The highest BCUT2D eigenvalue weighted by molar-refractivity contribution is 5.95. The molecule has 1 aliphatic rings. The molecule has 1 N–H and O–H groups in total. The van der Waals surface area contributed by atoms with Gasteiger partial charge in [0, 0.05) is 12.4 Å². The maximum Gasteiger partial charge on any atom is 0.254 e. The van der Waals surface area contributed by atoms with E-state index in [1.165, 1.54) is 12.1 Å². The smallest absolute Gasteiger partial charge is 0.254 e. The first-order chi connectivity index (χ1) is 12.7. The highest BCUT2D eigenvalue weighted by atomic mass is 19.1. The molecule has 0 spiro atoms. The lowest BCUT2D eigenvalue weighted by atomic mass is 10.0. The molecule has 0 radical (unpaired) electrons. The standard InChI is InChI=1S/C21H17FN2O2/c22-19-12-15(14-7-9-23-10-8-14)5-6-18(19)21(25)24-17-11-16-3-1-2-4-20(16)26-13-17/h1-10,12,17H,11,13H2,(H,24,25). The van der Waals surface area contributed by atoms with Crippen LogP contribution in [-0.4, -0.2) is 23.5 Å². The number of nitrogens with one attached hydrogen (secondary N) is 1. The number of benzene rings is 2. The minimum atomic E-state index is -0.547. The van der Waals surface area contributed by atoms with Crippen molar-refractivity contribution in [1.82, 2.24) is 10.3 Å². The van der Waals surface area contributed by atoms with Crippen LogP contribution in [0.2, 0.25) is 0 Å². The van der Waals surface area contributed by atoms with Crippen LogP contribution in [0.15, 0.2) is 67.0 Å². The second-order valence-corrected chi connectivity index (χ2v) is 6.22. The van der Waals surface area contributed by atoms with Crippen molar-refractivity contribution in [3.05, 3.63) is 83.9 Å². The third-order valence-corrected chi connectivity index (χ3v) is 4.44. The van der Waals surface area contributed by atoms with Crippen molar-refractivity contribution in [2.45, 2.75) is 12.5 Å². The van der Waals surface area contributed by atoms with Gasteiger partial charge in [-0.3, -0.25) is 9.78 Å². The molecular weight excluding hydrogens is 331 g/mol. The number of hydrogen-bond acceptors (Lipinski definition) is 3. The predicted octanol–water partition coefficient (Wildman–Crippen LogP) is 3.62. The van der Waals surface area contributed by atoms with Crippen molar-refractivity contribution in [1.29, 1.82) is 0 Å². The van der Waals surface area contributed by atoms with E-state index < -0.39 is 11.7 Å². The SMILES string of the molecule is O=C(NC1COc2ccccc2C1)c1ccc(-c2ccncc2)cc1F. The number of carbonyl (C=O) groups is 1. The van der Waals surface area contributed by atoms with Crippen LogP contribution in [0.3, 0.4) is 0 Å². The molecule has 0 bridgehead atoms. The van der Waals surface area contributed by atoms with Crippen LogP contribution >= 0.6 is 0 Å². The monoisotopic (exact) mass is 348 g/mol. The molecule has 1 unspecified atom stereocenters. The minimum absolute atomic E-state index is 0.0293.